The van der Waals surface area contributed by atoms with Gasteiger partial charge in [-0.1, -0.05) is 12.1 Å². The largest absolute Gasteiger partial charge is 0.467 e. The van der Waals surface area contributed by atoms with E-state index in [9.17, 15) is 9.59 Å². The molecule has 31 heavy (non-hydrogen) atoms. The number of furan rings is 1. The van der Waals surface area contributed by atoms with Crippen LogP contribution < -0.4 is 10.6 Å². The first kappa shape index (κ1) is 24.9. The van der Waals surface area contributed by atoms with Crippen LogP contribution >= 0.6 is 24.0 Å². The smallest absolute Gasteiger partial charge is 0.261 e. The molecule has 8 nitrogen and oxygen atoms in total. The third-order valence-corrected chi connectivity index (χ3v) is 4.79. The minimum atomic E-state index is -0.199. The Hall–Kier alpha value is -2.40. The molecule has 168 valence electrons. The Morgan fingerprint density at radius 2 is 1.68 bits per heavy atom. The Morgan fingerprint density at radius 1 is 1.00 bits per heavy atom. The van der Waals surface area contributed by atoms with Crippen LogP contribution in [0.2, 0.25) is 0 Å². The molecule has 1 aromatic carbocycles. The Labute approximate surface area is 199 Å². The molecule has 0 atom stereocenters. The summed E-state index contributed by atoms with van der Waals surface area (Å²) >= 11 is 0. The molecule has 0 radical (unpaired) electrons. The van der Waals surface area contributed by atoms with Gasteiger partial charge in [-0.3, -0.25) is 19.5 Å². The average Bonchev–Trinajstić information content (AvgIpc) is 3.37. The Bertz CT molecular complexity index is 835. The van der Waals surface area contributed by atoms with Crippen LogP contribution in [0.15, 0.2) is 52.1 Å². The van der Waals surface area contributed by atoms with Gasteiger partial charge in [0.05, 0.1) is 17.4 Å². The maximum absolute atomic E-state index is 12.3. The average molecular weight is 540 g/mol. The second-order valence-electron chi connectivity index (χ2n) is 6.93. The summed E-state index contributed by atoms with van der Waals surface area (Å²) in [5, 5.41) is 6.48. The van der Waals surface area contributed by atoms with E-state index >= 15 is 0 Å². The van der Waals surface area contributed by atoms with E-state index in [2.05, 4.69) is 15.6 Å². The first-order valence-electron chi connectivity index (χ1n) is 10.2. The number of carbonyl (C=O) groups is 2. The predicted molar refractivity (Wildman–Crippen MR) is 129 cm³/mol. The van der Waals surface area contributed by atoms with Crippen molar-refractivity contribution in [3.8, 4) is 0 Å². The number of halogens is 1. The van der Waals surface area contributed by atoms with Crippen molar-refractivity contribution >= 4 is 41.8 Å². The highest BCUT2D eigenvalue weighted by molar-refractivity contribution is 14.0. The summed E-state index contributed by atoms with van der Waals surface area (Å²) in [6.45, 7) is 2.98. The normalized spacial score (nSPS) is 13.2. The summed E-state index contributed by atoms with van der Waals surface area (Å²) < 4.78 is 10.8. The van der Waals surface area contributed by atoms with Gasteiger partial charge in [0.1, 0.15) is 12.4 Å². The number of benzene rings is 1. The van der Waals surface area contributed by atoms with Gasteiger partial charge in [-0.05, 0) is 43.5 Å². The highest BCUT2D eigenvalue weighted by Crippen LogP contribution is 2.22. The second kappa shape index (κ2) is 13.1. The molecule has 2 amide bonds. The molecule has 0 saturated carbocycles. The summed E-state index contributed by atoms with van der Waals surface area (Å²) in [5.74, 6) is 1.15. The maximum atomic E-state index is 12.3. The number of guanidine groups is 1. The van der Waals surface area contributed by atoms with E-state index in [1.807, 2.05) is 12.1 Å². The van der Waals surface area contributed by atoms with Gasteiger partial charge in [0.2, 0.25) is 0 Å². The molecule has 2 heterocycles. The van der Waals surface area contributed by atoms with Crippen molar-refractivity contribution in [2.45, 2.75) is 25.9 Å². The van der Waals surface area contributed by atoms with Crippen LogP contribution in [0.4, 0.5) is 0 Å². The van der Waals surface area contributed by atoms with Gasteiger partial charge in [-0.25, -0.2) is 0 Å². The van der Waals surface area contributed by atoms with Gasteiger partial charge in [0.15, 0.2) is 5.96 Å². The van der Waals surface area contributed by atoms with Gasteiger partial charge in [0, 0.05) is 33.3 Å². The highest BCUT2D eigenvalue weighted by Gasteiger charge is 2.34. The number of carbonyl (C=O) groups excluding carboxylic acids is 2. The molecule has 2 N–H and O–H groups in total. The quantitative estimate of drug-likeness (QED) is 0.150. The minimum absolute atomic E-state index is 0. The zero-order valence-electron chi connectivity index (χ0n) is 17.6. The predicted octanol–water partition coefficient (Wildman–Crippen LogP) is 3.05. The summed E-state index contributed by atoms with van der Waals surface area (Å²) in [6.07, 6.45) is 4.04. The van der Waals surface area contributed by atoms with E-state index in [-0.39, 0.29) is 35.8 Å². The molecule has 1 aromatic heterocycles. The van der Waals surface area contributed by atoms with E-state index in [1.54, 1.807) is 37.6 Å². The second-order valence-corrected chi connectivity index (χ2v) is 6.93. The van der Waals surface area contributed by atoms with Crippen LogP contribution in [-0.2, 0) is 11.3 Å². The lowest BCUT2D eigenvalue weighted by molar-refractivity contribution is 0.0652. The molecule has 0 saturated heterocycles. The summed E-state index contributed by atoms with van der Waals surface area (Å²) in [4.78, 5) is 30.2. The fraction of sp³-hybridized carbons (Fsp3) is 0.409. The molecule has 2 aromatic rings. The first-order valence-corrected chi connectivity index (χ1v) is 10.2. The van der Waals surface area contributed by atoms with Crippen LogP contribution in [-0.4, -0.2) is 56.0 Å². The van der Waals surface area contributed by atoms with Crippen LogP contribution in [0.1, 0.15) is 45.7 Å². The van der Waals surface area contributed by atoms with E-state index < -0.39 is 0 Å². The van der Waals surface area contributed by atoms with Crippen molar-refractivity contribution in [1.29, 1.82) is 0 Å². The first-order chi connectivity index (χ1) is 14.7. The lowest BCUT2D eigenvalue weighted by Gasteiger charge is -2.15. The topological polar surface area (TPSA) is 96.2 Å². The summed E-state index contributed by atoms with van der Waals surface area (Å²) in [5.41, 5.74) is 0.997. The number of nitrogens with one attached hydrogen (secondary N) is 2. The van der Waals surface area contributed by atoms with Crippen molar-refractivity contribution in [3.05, 3.63) is 59.5 Å². The highest BCUT2D eigenvalue weighted by atomic mass is 127. The van der Waals surface area contributed by atoms with Crippen LogP contribution in [0.25, 0.3) is 0 Å². The van der Waals surface area contributed by atoms with E-state index in [4.69, 9.17) is 9.15 Å². The number of rotatable bonds is 11. The van der Waals surface area contributed by atoms with Gasteiger partial charge < -0.3 is 19.8 Å². The molecular weight excluding hydrogens is 511 g/mol. The number of ether oxygens (including phenoxy) is 1. The zero-order chi connectivity index (χ0) is 21.2. The van der Waals surface area contributed by atoms with Crippen LogP contribution in [0.3, 0.4) is 0 Å². The molecule has 0 bridgehead atoms. The van der Waals surface area contributed by atoms with Gasteiger partial charge in [0.25, 0.3) is 11.8 Å². The zero-order valence-corrected chi connectivity index (χ0v) is 20.0. The lowest BCUT2D eigenvalue weighted by atomic mass is 10.1. The van der Waals surface area contributed by atoms with Crippen molar-refractivity contribution in [3.63, 3.8) is 0 Å². The monoisotopic (exact) mass is 540 g/mol. The standard InChI is InChI=1S/C22H28N4O4.HI/c1-23-22(25-12-7-14-29-16-17-8-6-15-30-17)24-11-4-5-13-26-20(27)18-9-2-3-10-19(18)21(26)28;/h2-3,6,8-10,15H,4-5,7,11-14,16H2,1H3,(H2,23,24,25);1H. The lowest BCUT2D eigenvalue weighted by Crippen LogP contribution is -2.38. The number of imide groups is 1. The molecule has 0 unspecified atom stereocenters. The Morgan fingerprint density at radius 3 is 2.29 bits per heavy atom. The molecule has 3 rings (SSSR count). The SMILES string of the molecule is CN=C(NCCCCN1C(=O)c2ccccc2C1=O)NCCCOCc1ccco1.I. The number of hydrogen-bond donors (Lipinski definition) is 2. The Balaban J connectivity index is 0.00000341. The third kappa shape index (κ3) is 7.06. The maximum Gasteiger partial charge on any atom is 0.261 e. The molecule has 1 aliphatic rings. The number of amides is 2. The number of nitrogens with zero attached hydrogens (tertiary/aromatic N) is 2. The van der Waals surface area contributed by atoms with Crippen molar-refractivity contribution in [2.24, 2.45) is 4.99 Å². The number of hydrogen-bond acceptors (Lipinski definition) is 5. The minimum Gasteiger partial charge on any atom is -0.467 e. The van der Waals surface area contributed by atoms with E-state index in [0.29, 0.717) is 37.4 Å². The molecule has 0 spiro atoms. The molecule has 1 aliphatic heterocycles. The summed E-state index contributed by atoms with van der Waals surface area (Å²) in [7, 11) is 1.72. The Kier molecular flexibility index (Phi) is 10.5. The van der Waals surface area contributed by atoms with E-state index in [1.165, 1.54) is 4.90 Å². The fourth-order valence-electron chi connectivity index (χ4n) is 3.21. The summed E-state index contributed by atoms with van der Waals surface area (Å²) in [6, 6.07) is 10.7. The van der Waals surface area contributed by atoms with E-state index in [0.717, 1.165) is 37.5 Å². The van der Waals surface area contributed by atoms with Gasteiger partial charge in [-0.15, -0.1) is 24.0 Å². The molecule has 0 fully saturated rings. The van der Waals surface area contributed by atoms with Crippen LogP contribution in [0.5, 0.6) is 0 Å². The molecule has 0 aliphatic carbocycles. The fourth-order valence-corrected chi connectivity index (χ4v) is 3.21. The van der Waals surface area contributed by atoms with Gasteiger partial charge in [-0.2, -0.15) is 0 Å². The number of aliphatic imine (C=N–C) groups is 1. The number of unbranched alkanes of at least 4 members (excludes halogenated alkanes) is 1. The van der Waals surface area contributed by atoms with Crippen molar-refractivity contribution in [2.75, 3.05) is 33.3 Å². The number of fused-ring (bicyclic) bond motifs is 1. The molecular formula is C22H29IN4O4. The molecule has 9 heteroatoms. The van der Waals surface area contributed by atoms with Gasteiger partial charge >= 0.3 is 0 Å². The van der Waals surface area contributed by atoms with Crippen molar-refractivity contribution in [1.82, 2.24) is 15.5 Å². The third-order valence-electron chi connectivity index (χ3n) is 4.79. The van der Waals surface area contributed by atoms with Crippen LogP contribution in [0, 0.1) is 0 Å². The van der Waals surface area contributed by atoms with Crippen molar-refractivity contribution < 1.29 is 18.7 Å².